The number of hydrogen-bond donors (Lipinski definition) is 1. The molecule has 0 saturated heterocycles. The molecule has 0 unspecified atom stereocenters. The number of rotatable bonds is 7. The van der Waals surface area contributed by atoms with Gasteiger partial charge >= 0.3 is 0 Å². The first-order chi connectivity index (χ1) is 15.8. The van der Waals surface area contributed by atoms with Gasteiger partial charge in [0.05, 0.1) is 21.4 Å². The Bertz CT molecular complexity index is 1230. The van der Waals surface area contributed by atoms with E-state index >= 15 is 0 Å². The van der Waals surface area contributed by atoms with Crippen LogP contribution < -0.4 is 14.8 Å². The van der Waals surface area contributed by atoms with Crippen molar-refractivity contribution in [2.45, 2.75) is 20.5 Å². The second-order valence-corrected chi connectivity index (χ2v) is 8.93. The van der Waals surface area contributed by atoms with Crippen LogP contribution in [0.2, 0.25) is 5.02 Å². The lowest BCUT2D eigenvalue weighted by Crippen LogP contribution is -2.14. The van der Waals surface area contributed by atoms with Crippen molar-refractivity contribution in [1.29, 1.82) is 5.26 Å². The summed E-state index contributed by atoms with van der Waals surface area (Å²) < 4.78 is 12.3. The van der Waals surface area contributed by atoms with E-state index in [-0.39, 0.29) is 5.57 Å². The third-order valence-electron chi connectivity index (χ3n) is 4.89. The molecular formula is C26H22ClIN2O3. The van der Waals surface area contributed by atoms with Crippen molar-refractivity contribution in [2.75, 3.05) is 12.4 Å². The standard InChI is InChI=1S/C26H22ClIN2O3/c1-16-7-9-18(10-8-16)15-33-25-22(28)12-19(13-23(25)32-3)11-20(14-29)26(31)30-24-17(2)5-4-6-21(24)27/h4-13H,15H2,1-3H3,(H,30,31)/b20-11+. The molecule has 1 amide bonds. The monoisotopic (exact) mass is 572 g/mol. The Hall–Kier alpha value is -3.02. The number of para-hydroxylation sites is 1. The van der Waals surface area contributed by atoms with Gasteiger partial charge in [0.25, 0.3) is 5.91 Å². The summed E-state index contributed by atoms with van der Waals surface area (Å²) >= 11 is 8.34. The highest BCUT2D eigenvalue weighted by molar-refractivity contribution is 14.1. The van der Waals surface area contributed by atoms with Gasteiger partial charge in [0.15, 0.2) is 11.5 Å². The summed E-state index contributed by atoms with van der Waals surface area (Å²) in [6, 6.07) is 18.9. The van der Waals surface area contributed by atoms with E-state index in [0.717, 1.165) is 14.7 Å². The second-order valence-electron chi connectivity index (χ2n) is 7.36. The number of methoxy groups -OCH3 is 1. The van der Waals surface area contributed by atoms with Crippen LogP contribution in [0.5, 0.6) is 11.5 Å². The predicted octanol–water partition coefficient (Wildman–Crippen LogP) is 6.69. The molecule has 0 aromatic heterocycles. The molecule has 0 heterocycles. The maximum atomic E-state index is 12.7. The minimum Gasteiger partial charge on any atom is -0.493 e. The van der Waals surface area contributed by atoms with Crippen molar-refractivity contribution in [3.63, 3.8) is 0 Å². The molecule has 1 N–H and O–H groups in total. The first-order valence-electron chi connectivity index (χ1n) is 10.1. The maximum Gasteiger partial charge on any atom is 0.266 e. The SMILES string of the molecule is COc1cc(/C=C(\C#N)C(=O)Nc2c(C)cccc2Cl)cc(I)c1OCc1ccc(C)cc1. The first-order valence-corrected chi connectivity index (χ1v) is 11.5. The fourth-order valence-corrected chi connectivity index (χ4v) is 4.14. The van der Waals surface area contributed by atoms with Crippen LogP contribution in [0.25, 0.3) is 6.08 Å². The topological polar surface area (TPSA) is 71.3 Å². The molecule has 0 aliphatic rings. The number of nitrogens with one attached hydrogen (secondary N) is 1. The fourth-order valence-electron chi connectivity index (χ4n) is 3.09. The van der Waals surface area contributed by atoms with Gasteiger partial charge in [-0.3, -0.25) is 4.79 Å². The largest absolute Gasteiger partial charge is 0.493 e. The van der Waals surface area contributed by atoms with Gasteiger partial charge in [-0.25, -0.2) is 0 Å². The predicted molar refractivity (Wildman–Crippen MR) is 140 cm³/mol. The van der Waals surface area contributed by atoms with Crippen LogP contribution in [0, 0.1) is 28.7 Å². The molecule has 3 aromatic rings. The zero-order valence-electron chi connectivity index (χ0n) is 18.4. The van der Waals surface area contributed by atoms with Crippen LogP contribution in [-0.4, -0.2) is 13.0 Å². The van der Waals surface area contributed by atoms with Crippen molar-refractivity contribution in [3.8, 4) is 17.6 Å². The van der Waals surface area contributed by atoms with Gasteiger partial charge in [0, 0.05) is 0 Å². The third-order valence-corrected chi connectivity index (χ3v) is 6.01. The van der Waals surface area contributed by atoms with Gasteiger partial charge < -0.3 is 14.8 Å². The Morgan fingerprint density at radius 1 is 1.18 bits per heavy atom. The second kappa shape index (κ2) is 11.2. The Kier molecular flexibility index (Phi) is 8.37. The Labute approximate surface area is 212 Å². The summed E-state index contributed by atoms with van der Waals surface area (Å²) in [5, 5.41) is 12.7. The molecule has 0 aliphatic carbocycles. The fraction of sp³-hybridized carbons (Fsp3) is 0.154. The van der Waals surface area contributed by atoms with E-state index in [1.807, 2.05) is 56.3 Å². The molecule has 0 bridgehead atoms. The quantitative estimate of drug-likeness (QED) is 0.194. The number of aryl methyl sites for hydroxylation is 2. The number of anilines is 1. The molecular weight excluding hydrogens is 551 g/mol. The molecule has 3 rings (SSSR count). The van der Waals surface area contributed by atoms with Crippen LogP contribution in [0.15, 0.2) is 60.2 Å². The van der Waals surface area contributed by atoms with E-state index < -0.39 is 5.91 Å². The highest BCUT2D eigenvalue weighted by atomic mass is 127. The van der Waals surface area contributed by atoms with E-state index in [1.165, 1.54) is 11.6 Å². The first kappa shape index (κ1) is 24.6. The van der Waals surface area contributed by atoms with Gasteiger partial charge in [0.2, 0.25) is 0 Å². The average Bonchev–Trinajstić information content (AvgIpc) is 2.79. The van der Waals surface area contributed by atoms with Gasteiger partial charge in [-0.15, -0.1) is 0 Å². The number of benzene rings is 3. The molecule has 33 heavy (non-hydrogen) atoms. The summed E-state index contributed by atoms with van der Waals surface area (Å²) in [5.41, 5.74) is 4.10. The molecule has 0 aliphatic heterocycles. The third kappa shape index (κ3) is 6.28. The summed E-state index contributed by atoms with van der Waals surface area (Å²) in [7, 11) is 1.55. The molecule has 0 saturated carbocycles. The van der Waals surface area contributed by atoms with Crippen LogP contribution in [0.3, 0.4) is 0 Å². The molecule has 168 valence electrons. The van der Waals surface area contributed by atoms with Crippen LogP contribution in [0.1, 0.15) is 22.3 Å². The lowest BCUT2D eigenvalue weighted by molar-refractivity contribution is -0.112. The minimum atomic E-state index is -0.539. The normalized spacial score (nSPS) is 11.0. The smallest absolute Gasteiger partial charge is 0.266 e. The van der Waals surface area contributed by atoms with Crippen molar-refractivity contribution in [2.24, 2.45) is 0 Å². The van der Waals surface area contributed by atoms with Gasteiger partial charge in [-0.1, -0.05) is 53.6 Å². The van der Waals surface area contributed by atoms with E-state index in [1.54, 1.807) is 25.3 Å². The van der Waals surface area contributed by atoms with E-state index in [4.69, 9.17) is 21.1 Å². The minimum absolute atomic E-state index is 0.0551. The van der Waals surface area contributed by atoms with Crippen molar-refractivity contribution in [3.05, 3.63) is 91.0 Å². The number of amides is 1. The lowest BCUT2D eigenvalue weighted by atomic mass is 10.1. The number of halogens is 2. The van der Waals surface area contributed by atoms with Gasteiger partial charge in [-0.05, 0) is 77.4 Å². The molecule has 3 aromatic carbocycles. The number of carbonyl (C=O) groups excluding carboxylic acids is 1. The molecule has 0 spiro atoms. The van der Waals surface area contributed by atoms with Crippen molar-refractivity contribution in [1.82, 2.24) is 0 Å². The number of hydrogen-bond acceptors (Lipinski definition) is 4. The summed E-state index contributed by atoms with van der Waals surface area (Å²) in [4.78, 5) is 12.7. The van der Waals surface area contributed by atoms with Crippen LogP contribution in [0.4, 0.5) is 5.69 Å². The maximum absolute atomic E-state index is 12.7. The van der Waals surface area contributed by atoms with Crippen molar-refractivity contribution < 1.29 is 14.3 Å². The average molecular weight is 573 g/mol. The number of nitriles is 1. The van der Waals surface area contributed by atoms with E-state index in [2.05, 4.69) is 27.9 Å². The highest BCUT2D eigenvalue weighted by Crippen LogP contribution is 2.35. The number of nitrogens with zero attached hydrogens (tertiary/aromatic N) is 1. The molecule has 0 radical (unpaired) electrons. The lowest BCUT2D eigenvalue weighted by Gasteiger charge is -2.14. The molecule has 5 nitrogen and oxygen atoms in total. The van der Waals surface area contributed by atoms with E-state index in [0.29, 0.717) is 34.4 Å². The van der Waals surface area contributed by atoms with Gasteiger partial charge in [-0.2, -0.15) is 5.26 Å². The van der Waals surface area contributed by atoms with E-state index in [9.17, 15) is 10.1 Å². The van der Waals surface area contributed by atoms with Crippen LogP contribution >= 0.6 is 34.2 Å². The Morgan fingerprint density at radius 2 is 1.91 bits per heavy atom. The molecule has 0 atom stereocenters. The summed E-state index contributed by atoms with van der Waals surface area (Å²) in [6.45, 7) is 4.26. The van der Waals surface area contributed by atoms with Gasteiger partial charge in [0.1, 0.15) is 18.2 Å². The number of ether oxygens (including phenoxy) is 2. The van der Waals surface area contributed by atoms with Crippen molar-refractivity contribution >= 4 is 51.9 Å². The van der Waals surface area contributed by atoms with Crippen LogP contribution in [-0.2, 0) is 11.4 Å². The Balaban J connectivity index is 1.84. The highest BCUT2D eigenvalue weighted by Gasteiger charge is 2.16. The Morgan fingerprint density at radius 3 is 2.55 bits per heavy atom. The zero-order chi connectivity index (χ0) is 24.0. The zero-order valence-corrected chi connectivity index (χ0v) is 21.3. The molecule has 0 fully saturated rings. The molecule has 7 heteroatoms. The summed E-state index contributed by atoms with van der Waals surface area (Å²) in [5.74, 6) is 0.577. The summed E-state index contributed by atoms with van der Waals surface area (Å²) in [6.07, 6.45) is 1.51. The number of carbonyl (C=O) groups is 1.